The molecule has 0 fully saturated rings. The van der Waals surface area contributed by atoms with Crippen molar-refractivity contribution in [3.05, 3.63) is 132 Å². The van der Waals surface area contributed by atoms with Crippen molar-refractivity contribution in [3.63, 3.8) is 0 Å². The Morgan fingerprint density at radius 1 is 0.571 bits per heavy atom. The predicted molar refractivity (Wildman–Crippen MR) is 200 cm³/mol. The number of nitrogens with zero attached hydrogens (tertiary/aromatic N) is 6. The topological polar surface area (TPSA) is 59.2 Å². The summed E-state index contributed by atoms with van der Waals surface area (Å²) in [5.74, 6) is 2.42. The van der Waals surface area contributed by atoms with E-state index in [4.69, 9.17) is 0 Å². The molecule has 0 unspecified atom stereocenters. The Kier molecular flexibility index (Phi) is 11.4. The van der Waals surface area contributed by atoms with Gasteiger partial charge in [-0.3, -0.25) is 9.97 Å². The van der Waals surface area contributed by atoms with E-state index in [9.17, 15) is 0 Å². The first-order chi connectivity index (χ1) is 23.2. The number of hydrogen-bond donors (Lipinski definition) is 0. The second-order valence-corrected chi connectivity index (χ2v) is 13.7. The molecule has 0 saturated heterocycles. The van der Waals surface area contributed by atoms with Gasteiger partial charge >= 0.3 is 0 Å². The van der Waals surface area contributed by atoms with E-state index >= 15 is 0 Å². The van der Waals surface area contributed by atoms with Gasteiger partial charge in [-0.05, 0) is 74.9 Å². The number of benzene rings is 4. The summed E-state index contributed by atoms with van der Waals surface area (Å²) in [6.07, 6.45) is 4.93. The average molecular weight is 832 g/mol. The van der Waals surface area contributed by atoms with Gasteiger partial charge in [0, 0.05) is 57.5 Å². The third-order valence-corrected chi connectivity index (χ3v) is 8.93. The second kappa shape index (κ2) is 15.5. The van der Waals surface area contributed by atoms with Crippen LogP contribution >= 0.6 is 0 Å². The van der Waals surface area contributed by atoms with Crippen molar-refractivity contribution < 1.29 is 22.4 Å². The van der Waals surface area contributed by atoms with Gasteiger partial charge in [0.1, 0.15) is 0 Å². The predicted octanol–water partition coefficient (Wildman–Crippen LogP) is 11.2. The molecule has 4 aromatic carbocycles. The molecule has 1 radical (unpaired) electrons. The van der Waals surface area contributed by atoms with Crippen LogP contribution in [0, 0.1) is 6.67 Å². The van der Waals surface area contributed by atoms with Crippen LogP contribution in [0.2, 0.25) is 0 Å². The van der Waals surface area contributed by atoms with Crippen molar-refractivity contribution in [3.8, 4) is 11.5 Å². The van der Waals surface area contributed by atoms with Gasteiger partial charge in [0.25, 0.3) is 0 Å². The molecule has 2 aromatic heterocycles. The zero-order chi connectivity index (χ0) is 33.9. The van der Waals surface area contributed by atoms with E-state index < -0.39 is 0 Å². The molecule has 7 heteroatoms. The maximum atomic E-state index is 4.37. The minimum absolute atomic E-state index is 0. The first kappa shape index (κ1) is 36.1. The molecule has 49 heavy (non-hydrogen) atoms. The fourth-order valence-corrected chi connectivity index (χ4v) is 6.48. The van der Waals surface area contributed by atoms with E-state index in [1.165, 1.54) is 45.0 Å². The van der Waals surface area contributed by atoms with Crippen LogP contribution in [-0.2, 0) is 22.4 Å². The van der Waals surface area contributed by atoms with Crippen molar-refractivity contribution >= 4 is 33.8 Å². The molecule has 0 saturated carbocycles. The molecule has 0 bridgehead atoms. The van der Waals surface area contributed by atoms with Crippen LogP contribution in [0.5, 0.6) is 0 Å². The molecule has 6 nitrogen and oxygen atoms in total. The van der Waals surface area contributed by atoms with Crippen LogP contribution in [0.25, 0.3) is 22.6 Å². The second-order valence-electron chi connectivity index (χ2n) is 13.7. The maximum absolute atomic E-state index is 4.37. The van der Waals surface area contributed by atoms with Crippen LogP contribution in [0.1, 0.15) is 101 Å². The number of imidazole rings is 1. The third-order valence-electron chi connectivity index (χ3n) is 8.93. The molecule has 0 atom stereocenters. The number of rotatable bonds is 7. The zero-order valence-electron chi connectivity index (χ0n) is 29.7. The van der Waals surface area contributed by atoms with Crippen molar-refractivity contribution in [1.82, 2.24) is 19.9 Å². The summed E-state index contributed by atoms with van der Waals surface area (Å²) < 4.78 is 0. The van der Waals surface area contributed by atoms with E-state index in [1.807, 2.05) is 24.3 Å². The Labute approximate surface area is 307 Å². The molecular formula is C42H46AuN6-2. The summed E-state index contributed by atoms with van der Waals surface area (Å²) >= 11 is 0. The molecule has 1 aliphatic rings. The minimum Gasteiger partial charge on any atom is -0.473 e. The Morgan fingerprint density at radius 3 is 1.47 bits per heavy atom. The summed E-state index contributed by atoms with van der Waals surface area (Å²) in [5.41, 5.74) is 13.2. The number of hydrogen-bond acceptors (Lipinski definition) is 5. The van der Waals surface area contributed by atoms with Crippen molar-refractivity contribution in [2.75, 3.05) is 9.80 Å². The Hall–Kier alpha value is -4.23. The Morgan fingerprint density at radius 2 is 1.04 bits per heavy atom. The van der Waals surface area contributed by atoms with Gasteiger partial charge in [-0.25, -0.2) is 0 Å². The number of aromatic nitrogens is 4. The van der Waals surface area contributed by atoms with Gasteiger partial charge in [-0.1, -0.05) is 128 Å². The average Bonchev–Trinajstić information content (AvgIpc) is 3.70. The molecular weight excluding hydrogens is 785 g/mol. The van der Waals surface area contributed by atoms with E-state index in [0.717, 1.165) is 11.0 Å². The number of para-hydroxylation sites is 6. The van der Waals surface area contributed by atoms with Crippen LogP contribution < -0.4 is 14.8 Å². The van der Waals surface area contributed by atoms with E-state index in [0.29, 0.717) is 35.2 Å². The largest absolute Gasteiger partial charge is 0.473 e. The molecule has 3 heterocycles. The molecule has 0 amide bonds. The van der Waals surface area contributed by atoms with Crippen LogP contribution in [0.15, 0.2) is 104 Å². The molecule has 7 rings (SSSR count). The van der Waals surface area contributed by atoms with Crippen LogP contribution in [0.4, 0.5) is 22.7 Å². The van der Waals surface area contributed by atoms with Gasteiger partial charge in [0.05, 0.1) is 11.9 Å². The zero-order valence-corrected chi connectivity index (χ0v) is 31.9. The quantitative estimate of drug-likeness (QED) is 0.118. The summed E-state index contributed by atoms with van der Waals surface area (Å²) in [6.45, 7) is 20.7. The smallest absolute Gasteiger partial charge is 0.0803 e. The van der Waals surface area contributed by atoms with Gasteiger partial charge in [-0.15, -0.1) is 6.67 Å². The molecule has 0 aliphatic carbocycles. The van der Waals surface area contributed by atoms with Gasteiger partial charge < -0.3 is 19.8 Å². The van der Waals surface area contributed by atoms with Crippen molar-refractivity contribution in [2.45, 2.75) is 79.1 Å². The molecule has 0 N–H and O–H groups in total. The SMILES string of the molecule is CC(C)c1cccc(C(C)C)c1N1[CH-]N(c2c(C(C)C)cccc2C(C)C)c2ccccc21.[Au].c1ccc2[n-]c(-c3cnccn3)nc2c1. The minimum atomic E-state index is 0. The Bertz CT molecular complexity index is 1820. The van der Waals surface area contributed by atoms with E-state index in [1.54, 1.807) is 18.6 Å². The number of anilines is 4. The van der Waals surface area contributed by atoms with Gasteiger partial charge in [-0.2, -0.15) is 0 Å². The number of fused-ring (bicyclic) bond motifs is 2. The molecule has 257 valence electrons. The summed E-state index contributed by atoms with van der Waals surface area (Å²) in [6, 6.07) is 30.2. The monoisotopic (exact) mass is 831 g/mol. The normalized spacial score (nSPS) is 12.5. The summed E-state index contributed by atoms with van der Waals surface area (Å²) in [7, 11) is 0. The first-order valence-corrected chi connectivity index (χ1v) is 17.1. The standard InChI is InChI=1S/C31H39N2.C11H7N4.Au/c1-20(2)24-13-11-14-25(21(3)4)30(24)32-19-33(29-18-10-9-17-28(29)32)31-26(22(5)6)15-12-16-27(31)23(7)8;1-2-4-9-8(3-1)14-11(15-9)10-7-12-5-6-13-10;/h9-23H,1-8H3;1-7H;/q2*-1;. The fourth-order valence-electron chi connectivity index (χ4n) is 6.48. The summed E-state index contributed by atoms with van der Waals surface area (Å²) in [4.78, 5) is 21.8. The van der Waals surface area contributed by atoms with Gasteiger partial charge in [0.15, 0.2) is 0 Å². The van der Waals surface area contributed by atoms with E-state index in [-0.39, 0.29) is 22.4 Å². The molecule has 6 aromatic rings. The van der Waals surface area contributed by atoms with Crippen LogP contribution in [0.3, 0.4) is 0 Å². The van der Waals surface area contributed by atoms with Crippen molar-refractivity contribution in [2.24, 2.45) is 0 Å². The van der Waals surface area contributed by atoms with Crippen molar-refractivity contribution in [1.29, 1.82) is 0 Å². The Balaban J connectivity index is 0.000000243. The molecule has 1 aliphatic heterocycles. The first-order valence-electron chi connectivity index (χ1n) is 17.1. The molecule has 0 spiro atoms. The maximum Gasteiger partial charge on any atom is 0.0803 e. The summed E-state index contributed by atoms with van der Waals surface area (Å²) in [5, 5.41) is 0. The fraction of sp³-hybridized carbons (Fsp3) is 0.286. The van der Waals surface area contributed by atoms with Crippen LogP contribution in [-0.4, -0.2) is 15.0 Å². The van der Waals surface area contributed by atoms with E-state index in [2.05, 4.69) is 152 Å². The third kappa shape index (κ3) is 7.37. The van der Waals surface area contributed by atoms with Gasteiger partial charge in [0.2, 0.25) is 0 Å².